The third kappa shape index (κ3) is 4.30. The van der Waals surface area contributed by atoms with E-state index < -0.39 is 0 Å². The highest BCUT2D eigenvalue weighted by Gasteiger charge is 2.29. The normalized spacial score (nSPS) is 16.1. The highest BCUT2D eigenvalue weighted by atomic mass is 16.3. The Morgan fingerprint density at radius 3 is 2.33 bits per heavy atom. The first kappa shape index (κ1) is 16.0. The summed E-state index contributed by atoms with van der Waals surface area (Å²) >= 11 is 0. The predicted molar refractivity (Wildman–Crippen MR) is 86.9 cm³/mol. The first-order valence-corrected chi connectivity index (χ1v) is 8.07. The Morgan fingerprint density at radius 1 is 1.19 bits per heavy atom. The van der Waals surface area contributed by atoms with E-state index in [1.54, 1.807) is 0 Å². The SMILES string of the molecule is CCCNc1nc(C(C)C)nc(NCC(O)C2CC2)c1C. The van der Waals surface area contributed by atoms with Gasteiger partial charge >= 0.3 is 0 Å². The minimum Gasteiger partial charge on any atom is -0.391 e. The van der Waals surface area contributed by atoms with E-state index in [4.69, 9.17) is 0 Å². The zero-order valence-electron chi connectivity index (χ0n) is 13.6. The summed E-state index contributed by atoms with van der Waals surface area (Å²) in [4.78, 5) is 9.24. The molecule has 5 nitrogen and oxygen atoms in total. The van der Waals surface area contributed by atoms with Crippen molar-refractivity contribution in [1.29, 1.82) is 0 Å². The van der Waals surface area contributed by atoms with E-state index in [-0.39, 0.29) is 12.0 Å². The fourth-order valence-corrected chi connectivity index (χ4v) is 2.23. The fraction of sp³-hybridized carbons (Fsp3) is 0.750. The van der Waals surface area contributed by atoms with Crippen LogP contribution in [0.1, 0.15) is 57.3 Å². The summed E-state index contributed by atoms with van der Waals surface area (Å²) in [6.07, 6.45) is 3.08. The molecule has 5 heteroatoms. The molecule has 1 aliphatic carbocycles. The monoisotopic (exact) mass is 292 g/mol. The molecule has 1 saturated carbocycles. The number of aliphatic hydroxyl groups excluding tert-OH is 1. The molecular formula is C16H28N4O. The Balaban J connectivity index is 2.14. The number of hydrogen-bond donors (Lipinski definition) is 3. The van der Waals surface area contributed by atoms with E-state index >= 15 is 0 Å². The molecule has 0 radical (unpaired) electrons. The molecule has 1 fully saturated rings. The van der Waals surface area contributed by atoms with Crippen molar-refractivity contribution in [2.75, 3.05) is 23.7 Å². The van der Waals surface area contributed by atoms with Gasteiger partial charge in [-0.25, -0.2) is 9.97 Å². The molecule has 1 aromatic rings. The van der Waals surface area contributed by atoms with E-state index in [9.17, 15) is 5.11 Å². The molecule has 0 amide bonds. The average molecular weight is 292 g/mol. The van der Waals surface area contributed by atoms with Gasteiger partial charge in [0.05, 0.1) is 6.10 Å². The summed E-state index contributed by atoms with van der Waals surface area (Å²) in [5.74, 6) is 3.33. The smallest absolute Gasteiger partial charge is 0.135 e. The zero-order chi connectivity index (χ0) is 15.4. The van der Waals surface area contributed by atoms with Crippen LogP contribution in [0.25, 0.3) is 0 Å². The summed E-state index contributed by atoms with van der Waals surface area (Å²) < 4.78 is 0. The van der Waals surface area contributed by atoms with Gasteiger partial charge in [0, 0.05) is 24.6 Å². The van der Waals surface area contributed by atoms with Crippen molar-refractivity contribution in [3.63, 3.8) is 0 Å². The Labute approximate surface area is 127 Å². The summed E-state index contributed by atoms with van der Waals surface area (Å²) in [6, 6.07) is 0. The van der Waals surface area contributed by atoms with E-state index in [1.807, 2.05) is 6.92 Å². The maximum Gasteiger partial charge on any atom is 0.135 e. The lowest BCUT2D eigenvalue weighted by Gasteiger charge is -2.17. The largest absolute Gasteiger partial charge is 0.391 e. The second kappa shape index (κ2) is 7.07. The van der Waals surface area contributed by atoms with E-state index in [2.05, 4.69) is 41.4 Å². The van der Waals surface area contributed by atoms with Crippen molar-refractivity contribution in [1.82, 2.24) is 9.97 Å². The maximum absolute atomic E-state index is 10.0. The molecule has 1 aliphatic rings. The summed E-state index contributed by atoms with van der Waals surface area (Å²) in [6.45, 7) is 9.81. The van der Waals surface area contributed by atoms with Gasteiger partial charge in [-0.3, -0.25) is 0 Å². The Kier molecular flexibility index (Phi) is 5.39. The van der Waals surface area contributed by atoms with Crippen LogP contribution < -0.4 is 10.6 Å². The fourth-order valence-electron chi connectivity index (χ4n) is 2.23. The molecule has 0 aliphatic heterocycles. The van der Waals surface area contributed by atoms with Crippen LogP contribution >= 0.6 is 0 Å². The third-order valence-electron chi connectivity index (χ3n) is 3.87. The topological polar surface area (TPSA) is 70.1 Å². The van der Waals surface area contributed by atoms with Crippen molar-refractivity contribution in [3.05, 3.63) is 11.4 Å². The lowest BCUT2D eigenvalue weighted by Crippen LogP contribution is -2.23. The van der Waals surface area contributed by atoms with Gasteiger partial charge in [-0.1, -0.05) is 20.8 Å². The predicted octanol–water partition coefficient (Wildman–Crippen LogP) is 2.91. The molecule has 0 bridgehead atoms. The second-order valence-corrected chi connectivity index (χ2v) is 6.27. The molecular weight excluding hydrogens is 264 g/mol. The van der Waals surface area contributed by atoms with Crippen LogP contribution in [0.5, 0.6) is 0 Å². The summed E-state index contributed by atoms with van der Waals surface area (Å²) in [7, 11) is 0. The molecule has 1 unspecified atom stereocenters. The van der Waals surface area contributed by atoms with Gasteiger partial charge in [-0.2, -0.15) is 0 Å². The molecule has 0 saturated heterocycles. The lowest BCUT2D eigenvalue weighted by molar-refractivity contribution is 0.164. The van der Waals surface area contributed by atoms with Gasteiger partial charge in [0.15, 0.2) is 0 Å². The molecule has 1 aromatic heterocycles. The number of nitrogens with zero attached hydrogens (tertiary/aromatic N) is 2. The Hall–Kier alpha value is -1.36. The van der Waals surface area contributed by atoms with Gasteiger partial charge < -0.3 is 15.7 Å². The van der Waals surface area contributed by atoms with Crippen LogP contribution in [0.3, 0.4) is 0 Å². The molecule has 3 N–H and O–H groups in total. The maximum atomic E-state index is 10.0. The van der Waals surface area contributed by atoms with Crippen LogP contribution in [0, 0.1) is 12.8 Å². The van der Waals surface area contributed by atoms with Crippen molar-refractivity contribution >= 4 is 11.6 Å². The highest BCUT2D eigenvalue weighted by Crippen LogP contribution is 2.32. The van der Waals surface area contributed by atoms with Crippen LogP contribution in [0.4, 0.5) is 11.6 Å². The van der Waals surface area contributed by atoms with Gasteiger partial charge in [-0.05, 0) is 32.1 Å². The highest BCUT2D eigenvalue weighted by molar-refractivity contribution is 5.57. The number of hydrogen-bond acceptors (Lipinski definition) is 5. The van der Waals surface area contributed by atoms with Gasteiger partial charge in [-0.15, -0.1) is 0 Å². The van der Waals surface area contributed by atoms with Crippen molar-refractivity contribution in [3.8, 4) is 0 Å². The standard InChI is InChI=1S/C16H28N4O/c1-5-8-17-15-11(4)16(20-14(19-15)10(2)3)18-9-13(21)12-6-7-12/h10,12-13,21H,5-9H2,1-4H3,(H2,17,18,19,20). The van der Waals surface area contributed by atoms with Crippen molar-refractivity contribution in [2.45, 2.75) is 59.0 Å². The van der Waals surface area contributed by atoms with E-state index in [0.29, 0.717) is 12.5 Å². The van der Waals surface area contributed by atoms with Gasteiger partial charge in [0.25, 0.3) is 0 Å². The van der Waals surface area contributed by atoms with Gasteiger partial charge in [0.2, 0.25) is 0 Å². The number of aliphatic hydroxyl groups is 1. The van der Waals surface area contributed by atoms with Crippen LogP contribution in [0.2, 0.25) is 0 Å². The quantitative estimate of drug-likeness (QED) is 0.687. The third-order valence-corrected chi connectivity index (χ3v) is 3.87. The van der Waals surface area contributed by atoms with E-state index in [0.717, 1.165) is 48.8 Å². The number of aromatic nitrogens is 2. The van der Waals surface area contributed by atoms with Crippen LogP contribution in [0.15, 0.2) is 0 Å². The first-order valence-electron chi connectivity index (χ1n) is 8.07. The zero-order valence-corrected chi connectivity index (χ0v) is 13.6. The van der Waals surface area contributed by atoms with E-state index in [1.165, 1.54) is 0 Å². The summed E-state index contributed by atoms with van der Waals surface area (Å²) in [5, 5.41) is 16.7. The summed E-state index contributed by atoms with van der Waals surface area (Å²) in [5.41, 5.74) is 1.02. The molecule has 21 heavy (non-hydrogen) atoms. The first-order chi connectivity index (χ1) is 10.0. The molecule has 2 rings (SSSR count). The minimum absolute atomic E-state index is 0.270. The Morgan fingerprint density at radius 2 is 1.81 bits per heavy atom. The lowest BCUT2D eigenvalue weighted by atomic mass is 10.2. The molecule has 1 atom stereocenters. The van der Waals surface area contributed by atoms with Crippen LogP contribution in [-0.4, -0.2) is 34.3 Å². The number of nitrogens with one attached hydrogen (secondary N) is 2. The number of anilines is 2. The molecule has 118 valence electrons. The molecule has 1 heterocycles. The van der Waals surface area contributed by atoms with Crippen LogP contribution in [-0.2, 0) is 0 Å². The van der Waals surface area contributed by atoms with Crippen molar-refractivity contribution < 1.29 is 5.11 Å². The average Bonchev–Trinajstić information content (AvgIpc) is 3.28. The molecule has 0 aromatic carbocycles. The van der Waals surface area contributed by atoms with Gasteiger partial charge in [0.1, 0.15) is 17.5 Å². The minimum atomic E-state index is -0.270. The number of rotatable bonds is 8. The molecule has 0 spiro atoms. The van der Waals surface area contributed by atoms with Crippen molar-refractivity contribution in [2.24, 2.45) is 5.92 Å². The second-order valence-electron chi connectivity index (χ2n) is 6.27. The Bertz CT molecular complexity index is 472.